The van der Waals surface area contributed by atoms with Gasteiger partial charge in [0.25, 0.3) is 0 Å². The molecule has 0 saturated heterocycles. The third kappa shape index (κ3) is 2.76. The fourth-order valence-corrected chi connectivity index (χ4v) is 1.01. The first-order valence-corrected chi connectivity index (χ1v) is 4.49. The molecule has 1 nitrogen and oxygen atoms in total. The van der Waals surface area contributed by atoms with Crippen molar-refractivity contribution in [2.75, 3.05) is 5.75 Å². The molecule has 0 aliphatic heterocycles. The number of halogens is 1. The van der Waals surface area contributed by atoms with Crippen molar-refractivity contribution in [2.24, 2.45) is 5.73 Å². The van der Waals surface area contributed by atoms with Crippen molar-refractivity contribution in [3.63, 3.8) is 0 Å². The van der Waals surface area contributed by atoms with Crippen molar-refractivity contribution in [2.45, 2.75) is 6.54 Å². The minimum atomic E-state index is -0.298. The SMILES string of the molecule is NCc1ccc(C#CCS)cc1F. The van der Waals surface area contributed by atoms with E-state index in [-0.39, 0.29) is 12.4 Å². The zero-order valence-electron chi connectivity index (χ0n) is 7.05. The molecule has 0 aliphatic rings. The van der Waals surface area contributed by atoms with Crippen molar-refractivity contribution in [3.05, 3.63) is 35.1 Å². The number of thiol groups is 1. The summed E-state index contributed by atoms with van der Waals surface area (Å²) in [5.41, 5.74) is 6.48. The van der Waals surface area contributed by atoms with Gasteiger partial charge in [0.2, 0.25) is 0 Å². The molecule has 0 bridgehead atoms. The zero-order chi connectivity index (χ0) is 9.68. The Kier molecular flexibility index (Phi) is 3.81. The zero-order valence-corrected chi connectivity index (χ0v) is 7.94. The summed E-state index contributed by atoms with van der Waals surface area (Å²) < 4.78 is 13.1. The number of hydrogen-bond acceptors (Lipinski definition) is 2. The van der Waals surface area contributed by atoms with Gasteiger partial charge in [0.05, 0.1) is 5.75 Å². The fraction of sp³-hybridized carbons (Fsp3) is 0.200. The van der Waals surface area contributed by atoms with Crippen LogP contribution in [0.3, 0.4) is 0 Å². The second-order valence-corrected chi connectivity index (χ2v) is 2.79. The van der Waals surface area contributed by atoms with Crippen molar-refractivity contribution in [1.82, 2.24) is 0 Å². The highest BCUT2D eigenvalue weighted by Crippen LogP contribution is 2.08. The topological polar surface area (TPSA) is 26.0 Å². The number of benzene rings is 1. The smallest absolute Gasteiger partial charge is 0.128 e. The van der Waals surface area contributed by atoms with Gasteiger partial charge < -0.3 is 5.73 Å². The van der Waals surface area contributed by atoms with E-state index in [1.807, 2.05) is 0 Å². The molecule has 0 saturated carbocycles. The van der Waals surface area contributed by atoms with E-state index in [4.69, 9.17) is 5.73 Å². The molecule has 2 N–H and O–H groups in total. The molecule has 0 atom stereocenters. The number of rotatable bonds is 1. The normalized spacial score (nSPS) is 9.15. The van der Waals surface area contributed by atoms with E-state index in [9.17, 15) is 4.39 Å². The molecular formula is C10H10FNS. The Morgan fingerprint density at radius 3 is 2.77 bits per heavy atom. The molecule has 3 heteroatoms. The van der Waals surface area contributed by atoms with Gasteiger partial charge in [0, 0.05) is 17.7 Å². The first kappa shape index (κ1) is 10.1. The van der Waals surface area contributed by atoms with Gasteiger partial charge in [-0.2, -0.15) is 12.6 Å². The molecule has 0 aromatic heterocycles. The highest BCUT2D eigenvalue weighted by atomic mass is 32.1. The lowest BCUT2D eigenvalue weighted by molar-refractivity contribution is 0.610. The van der Waals surface area contributed by atoms with E-state index in [0.29, 0.717) is 16.9 Å². The number of hydrogen-bond donors (Lipinski definition) is 2. The molecule has 13 heavy (non-hydrogen) atoms. The molecule has 0 aliphatic carbocycles. The maximum atomic E-state index is 13.1. The molecule has 0 amide bonds. The summed E-state index contributed by atoms with van der Waals surface area (Å²) in [7, 11) is 0. The van der Waals surface area contributed by atoms with Crippen LogP contribution in [0.15, 0.2) is 18.2 Å². The minimum Gasteiger partial charge on any atom is -0.326 e. The summed E-state index contributed by atoms with van der Waals surface area (Å²) in [6, 6.07) is 4.79. The average molecular weight is 195 g/mol. The highest BCUT2D eigenvalue weighted by Gasteiger charge is 1.99. The van der Waals surface area contributed by atoms with Gasteiger partial charge in [0.1, 0.15) is 5.82 Å². The van der Waals surface area contributed by atoms with Gasteiger partial charge in [-0.05, 0) is 12.1 Å². The molecule has 1 aromatic rings. The van der Waals surface area contributed by atoms with E-state index in [2.05, 4.69) is 24.5 Å². The molecule has 1 rings (SSSR count). The van der Waals surface area contributed by atoms with Crippen LogP contribution in [0.1, 0.15) is 11.1 Å². The molecule has 0 radical (unpaired) electrons. The summed E-state index contributed by atoms with van der Waals surface area (Å²) >= 11 is 3.93. The maximum Gasteiger partial charge on any atom is 0.128 e. The van der Waals surface area contributed by atoms with Gasteiger partial charge in [-0.25, -0.2) is 4.39 Å². The average Bonchev–Trinajstić information content (AvgIpc) is 2.15. The third-order valence-corrected chi connectivity index (χ3v) is 1.74. The Bertz CT molecular complexity index is 352. The fourth-order valence-electron chi connectivity index (χ4n) is 0.932. The lowest BCUT2D eigenvalue weighted by atomic mass is 10.1. The van der Waals surface area contributed by atoms with Crippen molar-refractivity contribution in [1.29, 1.82) is 0 Å². The molecule has 0 spiro atoms. The molecular weight excluding hydrogens is 185 g/mol. The second-order valence-electron chi connectivity index (χ2n) is 2.47. The van der Waals surface area contributed by atoms with Crippen LogP contribution in [-0.2, 0) is 6.54 Å². The summed E-state index contributed by atoms with van der Waals surface area (Å²) in [6.45, 7) is 0.214. The van der Waals surface area contributed by atoms with Gasteiger partial charge in [-0.1, -0.05) is 17.9 Å². The van der Waals surface area contributed by atoms with Crippen molar-refractivity contribution >= 4 is 12.6 Å². The van der Waals surface area contributed by atoms with Crippen LogP contribution >= 0.6 is 12.6 Å². The van der Waals surface area contributed by atoms with Crippen LogP contribution in [0.4, 0.5) is 4.39 Å². The quantitative estimate of drug-likeness (QED) is 0.516. The lowest BCUT2D eigenvalue weighted by Crippen LogP contribution is -1.99. The minimum absolute atomic E-state index is 0.214. The summed E-state index contributed by atoms with van der Waals surface area (Å²) in [6.07, 6.45) is 0. The van der Waals surface area contributed by atoms with Crippen molar-refractivity contribution in [3.8, 4) is 11.8 Å². The standard InChI is InChI=1S/C10H10FNS/c11-10-6-8(2-1-5-13)3-4-9(10)7-12/h3-4,6,13H,5,7,12H2. The predicted octanol–water partition coefficient (Wildman–Crippen LogP) is 1.57. The Hall–Kier alpha value is -0.980. The molecule has 1 aromatic carbocycles. The largest absolute Gasteiger partial charge is 0.326 e. The van der Waals surface area contributed by atoms with Gasteiger partial charge in [0.15, 0.2) is 0 Å². The second kappa shape index (κ2) is 4.90. The van der Waals surface area contributed by atoms with E-state index in [1.54, 1.807) is 12.1 Å². The highest BCUT2D eigenvalue weighted by molar-refractivity contribution is 7.80. The Balaban J connectivity index is 2.96. The van der Waals surface area contributed by atoms with Gasteiger partial charge in [-0.15, -0.1) is 0 Å². The van der Waals surface area contributed by atoms with E-state index in [0.717, 1.165) is 0 Å². The molecule has 0 fully saturated rings. The number of nitrogens with two attached hydrogens (primary N) is 1. The van der Waals surface area contributed by atoms with Gasteiger partial charge >= 0.3 is 0 Å². The summed E-state index contributed by atoms with van der Waals surface area (Å²) in [4.78, 5) is 0. The first-order valence-electron chi connectivity index (χ1n) is 3.86. The van der Waals surface area contributed by atoms with Crippen LogP contribution < -0.4 is 5.73 Å². The third-order valence-electron chi connectivity index (χ3n) is 1.58. The van der Waals surface area contributed by atoms with Crippen LogP contribution in [0, 0.1) is 17.7 Å². The van der Waals surface area contributed by atoms with E-state index >= 15 is 0 Å². The van der Waals surface area contributed by atoms with Crippen LogP contribution in [0.2, 0.25) is 0 Å². The molecule has 68 valence electrons. The Morgan fingerprint density at radius 2 is 2.23 bits per heavy atom. The Labute approximate surface area is 82.6 Å². The predicted molar refractivity (Wildman–Crippen MR) is 55.0 cm³/mol. The van der Waals surface area contributed by atoms with Gasteiger partial charge in [-0.3, -0.25) is 0 Å². The van der Waals surface area contributed by atoms with Crippen LogP contribution in [-0.4, -0.2) is 5.75 Å². The Morgan fingerprint density at radius 1 is 1.46 bits per heavy atom. The first-order chi connectivity index (χ1) is 6.27. The summed E-state index contributed by atoms with van der Waals surface area (Å²) in [5.74, 6) is 5.70. The lowest BCUT2D eigenvalue weighted by Gasteiger charge is -1.98. The van der Waals surface area contributed by atoms with Crippen LogP contribution in [0.5, 0.6) is 0 Å². The monoisotopic (exact) mass is 195 g/mol. The summed E-state index contributed by atoms with van der Waals surface area (Å²) in [5, 5.41) is 0. The van der Waals surface area contributed by atoms with Crippen molar-refractivity contribution < 1.29 is 4.39 Å². The maximum absolute atomic E-state index is 13.1. The van der Waals surface area contributed by atoms with Crippen LogP contribution in [0.25, 0.3) is 0 Å². The molecule has 0 heterocycles. The molecule has 0 unspecified atom stereocenters. The van der Waals surface area contributed by atoms with E-state index in [1.165, 1.54) is 6.07 Å². The van der Waals surface area contributed by atoms with E-state index < -0.39 is 0 Å².